The van der Waals surface area contributed by atoms with E-state index in [-0.39, 0.29) is 6.10 Å². The van der Waals surface area contributed by atoms with Crippen LogP contribution in [0.5, 0.6) is 5.75 Å². The molecule has 0 saturated carbocycles. The van der Waals surface area contributed by atoms with Crippen LogP contribution in [0.25, 0.3) is 11.3 Å². The monoisotopic (exact) mass is 245 g/mol. The number of nitrogens with two attached hydrogens (primary N) is 1. The smallest absolute Gasteiger partial charge is 0.119 e. The lowest BCUT2D eigenvalue weighted by Gasteiger charge is -2.09. The standard InChI is InChI=1S/C14H19N3O/c1-9(2)18-12-6-4-11(5-7-12)14-13(8-15)16-10(3)17-14/h4-7,9H,8,15H2,1-3H3,(H,16,17). The van der Waals surface area contributed by atoms with Crippen LogP contribution < -0.4 is 10.5 Å². The van der Waals surface area contributed by atoms with Crippen molar-refractivity contribution in [2.45, 2.75) is 33.4 Å². The van der Waals surface area contributed by atoms with E-state index in [1.807, 2.05) is 45.0 Å². The Kier molecular flexibility index (Phi) is 3.67. The molecule has 0 radical (unpaired) electrons. The molecule has 0 bridgehead atoms. The number of nitrogens with zero attached hydrogens (tertiary/aromatic N) is 1. The van der Waals surface area contributed by atoms with Crippen molar-refractivity contribution in [2.24, 2.45) is 5.73 Å². The summed E-state index contributed by atoms with van der Waals surface area (Å²) in [5.41, 5.74) is 8.64. The molecule has 0 aliphatic rings. The van der Waals surface area contributed by atoms with Gasteiger partial charge in [-0.1, -0.05) is 0 Å². The molecule has 1 aromatic carbocycles. The SMILES string of the molecule is Cc1nc(-c2ccc(OC(C)C)cc2)c(CN)[nH]1. The maximum atomic E-state index is 5.70. The Hall–Kier alpha value is -1.81. The molecule has 0 spiro atoms. The van der Waals surface area contributed by atoms with Crippen molar-refractivity contribution >= 4 is 0 Å². The van der Waals surface area contributed by atoms with Crippen molar-refractivity contribution in [3.05, 3.63) is 35.8 Å². The van der Waals surface area contributed by atoms with Gasteiger partial charge in [0, 0.05) is 12.1 Å². The first kappa shape index (κ1) is 12.6. The van der Waals surface area contributed by atoms with E-state index in [0.717, 1.165) is 28.5 Å². The lowest BCUT2D eigenvalue weighted by Crippen LogP contribution is -2.05. The minimum atomic E-state index is 0.183. The number of aromatic nitrogens is 2. The van der Waals surface area contributed by atoms with E-state index in [9.17, 15) is 0 Å². The summed E-state index contributed by atoms with van der Waals surface area (Å²) in [5, 5.41) is 0. The summed E-state index contributed by atoms with van der Waals surface area (Å²) < 4.78 is 5.61. The van der Waals surface area contributed by atoms with Gasteiger partial charge in [0.05, 0.1) is 17.5 Å². The number of imidazole rings is 1. The molecule has 2 rings (SSSR count). The van der Waals surface area contributed by atoms with Crippen LogP contribution in [0.3, 0.4) is 0 Å². The Morgan fingerprint density at radius 1 is 1.28 bits per heavy atom. The molecule has 4 heteroatoms. The molecule has 0 aliphatic carbocycles. The van der Waals surface area contributed by atoms with Gasteiger partial charge >= 0.3 is 0 Å². The van der Waals surface area contributed by atoms with Crippen LogP contribution in [0.2, 0.25) is 0 Å². The van der Waals surface area contributed by atoms with Gasteiger partial charge in [-0.05, 0) is 45.0 Å². The quantitative estimate of drug-likeness (QED) is 0.870. The van der Waals surface area contributed by atoms with E-state index in [1.165, 1.54) is 0 Å². The Morgan fingerprint density at radius 3 is 2.50 bits per heavy atom. The third-order valence-electron chi connectivity index (χ3n) is 2.60. The van der Waals surface area contributed by atoms with Gasteiger partial charge in [-0.15, -0.1) is 0 Å². The highest BCUT2D eigenvalue weighted by Crippen LogP contribution is 2.24. The maximum absolute atomic E-state index is 5.70. The van der Waals surface area contributed by atoms with Gasteiger partial charge in [-0.2, -0.15) is 0 Å². The van der Waals surface area contributed by atoms with Gasteiger partial charge in [-0.3, -0.25) is 0 Å². The molecule has 0 saturated heterocycles. The average Bonchev–Trinajstić information content (AvgIpc) is 2.71. The molecule has 3 N–H and O–H groups in total. The topological polar surface area (TPSA) is 63.9 Å². The van der Waals surface area contributed by atoms with Crippen molar-refractivity contribution in [3.63, 3.8) is 0 Å². The Balaban J connectivity index is 2.28. The van der Waals surface area contributed by atoms with Crippen molar-refractivity contribution in [1.29, 1.82) is 0 Å². The molecule has 2 aromatic rings. The predicted octanol–water partition coefficient (Wildman–Crippen LogP) is 2.63. The van der Waals surface area contributed by atoms with Gasteiger partial charge in [0.15, 0.2) is 0 Å². The molecule has 18 heavy (non-hydrogen) atoms. The first-order chi connectivity index (χ1) is 8.60. The minimum Gasteiger partial charge on any atom is -0.491 e. The molecule has 96 valence electrons. The fourth-order valence-electron chi connectivity index (χ4n) is 1.89. The summed E-state index contributed by atoms with van der Waals surface area (Å²) in [6.07, 6.45) is 0.183. The van der Waals surface area contributed by atoms with Crippen molar-refractivity contribution < 1.29 is 4.74 Å². The average molecular weight is 245 g/mol. The zero-order chi connectivity index (χ0) is 13.1. The molecular formula is C14H19N3O. The zero-order valence-corrected chi connectivity index (χ0v) is 11.0. The second-order valence-corrected chi connectivity index (χ2v) is 4.54. The fraction of sp³-hybridized carbons (Fsp3) is 0.357. The van der Waals surface area contributed by atoms with Gasteiger partial charge in [0.1, 0.15) is 11.6 Å². The van der Waals surface area contributed by atoms with Gasteiger partial charge < -0.3 is 15.5 Å². The summed E-state index contributed by atoms with van der Waals surface area (Å²) in [6, 6.07) is 7.93. The van der Waals surface area contributed by atoms with E-state index in [1.54, 1.807) is 0 Å². The van der Waals surface area contributed by atoms with E-state index in [4.69, 9.17) is 10.5 Å². The van der Waals surface area contributed by atoms with Crippen LogP contribution in [0.1, 0.15) is 25.4 Å². The largest absolute Gasteiger partial charge is 0.491 e. The van der Waals surface area contributed by atoms with Crippen LogP contribution in [0, 0.1) is 6.92 Å². The molecule has 0 unspecified atom stereocenters. The van der Waals surface area contributed by atoms with Crippen LogP contribution >= 0.6 is 0 Å². The molecule has 4 nitrogen and oxygen atoms in total. The Labute approximate surface area is 107 Å². The van der Waals surface area contributed by atoms with Crippen LogP contribution in [0.15, 0.2) is 24.3 Å². The molecule has 0 aliphatic heterocycles. The van der Waals surface area contributed by atoms with Crippen molar-refractivity contribution in [2.75, 3.05) is 0 Å². The summed E-state index contributed by atoms with van der Waals surface area (Å²) in [7, 11) is 0. The first-order valence-electron chi connectivity index (χ1n) is 6.12. The Morgan fingerprint density at radius 2 is 1.94 bits per heavy atom. The van der Waals surface area contributed by atoms with Crippen molar-refractivity contribution in [1.82, 2.24) is 9.97 Å². The summed E-state index contributed by atoms with van der Waals surface area (Å²) in [6.45, 7) is 6.41. The molecule has 0 fully saturated rings. The lowest BCUT2D eigenvalue weighted by molar-refractivity contribution is 0.242. The predicted molar refractivity (Wildman–Crippen MR) is 72.4 cm³/mol. The number of hydrogen-bond donors (Lipinski definition) is 2. The third-order valence-corrected chi connectivity index (χ3v) is 2.60. The van der Waals surface area contributed by atoms with Gasteiger partial charge in [0.25, 0.3) is 0 Å². The fourth-order valence-corrected chi connectivity index (χ4v) is 1.89. The number of nitrogens with one attached hydrogen (secondary N) is 1. The number of aryl methyl sites for hydroxylation is 1. The highest BCUT2D eigenvalue weighted by Gasteiger charge is 2.09. The first-order valence-corrected chi connectivity index (χ1v) is 6.12. The highest BCUT2D eigenvalue weighted by atomic mass is 16.5. The number of ether oxygens (including phenoxy) is 1. The second kappa shape index (κ2) is 5.23. The third kappa shape index (κ3) is 2.71. The molecular weight excluding hydrogens is 226 g/mol. The van der Waals surface area contributed by atoms with E-state index in [0.29, 0.717) is 6.54 Å². The van der Waals surface area contributed by atoms with E-state index in [2.05, 4.69) is 9.97 Å². The Bertz CT molecular complexity index is 514. The van der Waals surface area contributed by atoms with E-state index < -0.39 is 0 Å². The summed E-state index contributed by atoms with van der Waals surface area (Å²) in [5.74, 6) is 1.75. The van der Waals surface area contributed by atoms with Crippen LogP contribution in [-0.2, 0) is 6.54 Å². The van der Waals surface area contributed by atoms with Gasteiger partial charge in [0.2, 0.25) is 0 Å². The second-order valence-electron chi connectivity index (χ2n) is 4.54. The van der Waals surface area contributed by atoms with Crippen LogP contribution in [0.4, 0.5) is 0 Å². The summed E-state index contributed by atoms with van der Waals surface area (Å²) >= 11 is 0. The molecule has 1 heterocycles. The number of rotatable bonds is 4. The van der Waals surface area contributed by atoms with Crippen LogP contribution in [-0.4, -0.2) is 16.1 Å². The molecule has 0 atom stereocenters. The summed E-state index contributed by atoms with van der Waals surface area (Å²) in [4.78, 5) is 7.64. The number of benzene rings is 1. The maximum Gasteiger partial charge on any atom is 0.119 e. The lowest BCUT2D eigenvalue weighted by atomic mass is 10.1. The minimum absolute atomic E-state index is 0.183. The normalized spacial score (nSPS) is 10.9. The highest BCUT2D eigenvalue weighted by molar-refractivity contribution is 5.63. The molecule has 1 aromatic heterocycles. The number of hydrogen-bond acceptors (Lipinski definition) is 3. The number of aromatic amines is 1. The number of H-pyrrole nitrogens is 1. The zero-order valence-electron chi connectivity index (χ0n) is 11.0. The van der Waals surface area contributed by atoms with Gasteiger partial charge in [-0.25, -0.2) is 4.98 Å². The van der Waals surface area contributed by atoms with E-state index >= 15 is 0 Å². The van der Waals surface area contributed by atoms with Crippen molar-refractivity contribution in [3.8, 4) is 17.0 Å². The molecule has 0 amide bonds.